The zero-order chi connectivity index (χ0) is 17.9. The lowest BCUT2D eigenvalue weighted by molar-refractivity contribution is -0.136. The Labute approximate surface area is 135 Å². The number of H-pyrrole nitrogens is 1. The number of hydrogen-bond donors (Lipinski definition) is 5. The number of carboxylic acids is 1. The number of aliphatic carboxylic acids is 1. The summed E-state index contributed by atoms with van der Waals surface area (Å²) in [7, 11) is 1.32. The molecule has 0 bridgehead atoms. The second kappa shape index (κ2) is 7.68. The maximum atomic E-state index is 12.0. The van der Waals surface area contributed by atoms with E-state index < -0.39 is 48.4 Å². The van der Waals surface area contributed by atoms with Gasteiger partial charge in [-0.05, 0) is 0 Å². The van der Waals surface area contributed by atoms with Crippen LogP contribution in [0.1, 0.15) is 11.8 Å². The van der Waals surface area contributed by atoms with Crippen molar-refractivity contribution in [3.05, 3.63) is 32.6 Å². The molecule has 1 aliphatic heterocycles. The van der Waals surface area contributed by atoms with Gasteiger partial charge >= 0.3 is 11.7 Å². The van der Waals surface area contributed by atoms with Crippen molar-refractivity contribution in [1.82, 2.24) is 14.9 Å². The number of carbonyl (C=O) groups is 1. The number of rotatable bonds is 7. The third kappa shape index (κ3) is 3.71. The van der Waals surface area contributed by atoms with Gasteiger partial charge in [0.15, 0.2) is 6.23 Å². The smallest absolute Gasteiger partial charge is 0.330 e. The Kier molecular flexibility index (Phi) is 5.85. The topological polar surface area (TPSA) is 163 Å². The molecule has 134 valence electrons. The summed E-state index contributed by atoms with van der Waals surface area (Å²) in [5, 5.41) is 30.4. The zero-order valence-electron chi connectivity index (χ0n) is 12.8. The molecule has 0 aromatic carbocycles. The lowest BCUT2D eigenvalue weighted by Crippen LogP contribution is -2.40. The predicted octanol–water partition coefficient (Wildman–Crippen LogP) is -3.02. The molecule has 0 spiro atoms. The molecule has 1 aromatic heterocycles. The molecule has 4 atom stereocenters. The Hall–Kier alpha value is -2.05. The van der Waals surface area contributed by atoms with E-state index in [1.54, 1.807) is 0 Å². The highest BCUT2D eigenvalue weighted by molar-refractivity contribution is 5.68. The van der Waals surface area contributed by atoms with Crippen LogP contribution in [0.4, 0.5) is 0 Å². The molecule has 1 fully saturated rings. The van der Waals surface area contributed by atoms with Crippen molar-refractivity contribution in [2.24, 2.45) is 0 Å². The van der Waals surface area contributed by atoms with E-state index in [1.807, 2.05) is 0 Å². The summed E-state index contributed by atoms with van der Waals surface area (Å²) >= 11 is 0. The van der Waals surface area contributed by atoms with Crippen molar-refractivity contribution in [3.8, 4) is 0 Å². The van der Waals surface area contributed by atoms with E-state index >= 15 is 0 Å². The summed E-state index contributed by atoms with van der Waals surface area (Å²) in [5.41, 5.74) is -1.34. The fourth-order valence-electron chi connectivity index (χ4n) is 2.49. The van der Waals surface area contributed by atoms with Crippen LogP contribution >= 0.6 is 0 Å². The third-order valence-electron chi connectivity index (χ3n) is 3.67. The maximum Gasteiger partial charge on any atom is 0.330 e. The third-order valence-corrected chi connectivity index (χ3v) is 3.67. The van der Waals surface area contributed by atoms with Gasteiger partial charge in [-0.1, -0.05) is 0 Å². The van der Waals surface area contributed by atoms with Gasteiger partial charge in [-0.25, -0.2) is 4.79 Å². The first-order chi connectivity index (χ1) is 11.4. The van der Waals surface area contributed by atoms with Gasteiger partial charge in [0.1, 0.15) is 18.3 Å². The highest BCUT2D eigenvalue weighted by atomic mass is 16.6. The Balaban J connectivity index is 2.31. The van der Waals surface area contributed by atoms with Crippen LogP contribution in [0.15, 0.2) is 15.8 Å². The number of methoxy groups -OCH3 is 1. The summed E-state index contributed by atoms with van der Waals surface area (Å²) in [5.74, 6) is -1.09. The average molecular weight is 345 g/mol. The van der Waals surface area contributed by atoms with Gasteiger partial charge in [-0.15, -0.1) is 0 Å². The van der Waals surface area contributed by atoms with Crippen molar-refractivity contribution in [1.29, 1.82) is 0 Å². The van der Waals surface area contributed by atoms with Crippen LogP contribution in [0.2, 0.25) is 0 Å². The number of aromatic nitrogens is 2. The van der Waals surface area contributed by atoms with Crippen LogP contribution in [-0.2, 0) is 20.8 Å². The summed E-state index contributed by atoms with van der Waals surface area (Å²) in [6.45, 7) is -0.911. The van der Waals surface area contributed by atoms with Crippen LogP contribution in [-0.4, -0.2) is 69.4 Å². The molecular formula is C13H19N3O8. The van der Waals surface area contributed by atoms with Gasteiger partial charge in [-0.3, -0.25) is 19.1 Å². The minimum atomic E-state index is -1.16. The van der Waals surface area contributed by atoms with Gasteiger partial charge < -0.3 is 30.1 Å². The second-order valence-corrected chi connectivity index (χ2v) is 5.26. The normalized spacial score (nSPS) is 26.6. The molecule has 24 heavy (non-hydrogen) atoms. The summed E-state index contributed by atoms with van der Waals surface area (Å²) < 4.78 is 11.6. The molecule has 11 nitrogen and oxygen atoms in total. The fraction of sp³-hybridized carbons (Fsp3) is 0.615. The van der Waals surface area contributed by atoms with Gasteiger partial charge in [0.25, 0.3) is 5.56 Å². The van der Waals surface area contributed by atoms with Crippen molar-refractivity contribution in [3.63, 3.8) is 0 Å². The van der Waals surface area contributed by atoms with Gasteiger partial charge in [0.05, 0.1) is 13.2 Å². The molecule has 0 radical (unpaired) electrons. The van der Waals surface area contributed by atoms with Crippen LogP contribution in [0.25, 0.3) is 0 Å². The number of nitrogens with zero attached hydrogens (tertiary/aromatic N) is 1. The van der Waals surface area contributed by atoms with Crippen LogP contribution in [0, 0.1) is 0 Å². The average Bonchev–Trinajstić information content (AvgIpc) is 2.84. The number of aliphatic hydroxyl groups is 2. The molecule has 1 aromatic rings. The van der Waals surface area contributed by atoms with E-state index in [9.17, 15) is 24.6 Å². The molecule has 11 heteroatoms. The summed E-state index contributed by atoms with van der Waals surface area (Å²) in [6.07, 6.45) is -2.86. The number of hydrogen-bond acceptors (Lipinski definition) is 8. The Morgan fingerprint density at radius 1 is 1.50 bits per heavy atom. The van der Waals surface area contributed by atoms with Crippen LogP contribution < -0.4 is 16.6 Å². The summed E-state index contributed by atoms with van der Waals surface area (Å²) in [4.78, 5) is 36.4. The largest absolute Gasteiger partial charge is 0.480 e. The number of nitrogens with one attached hydrogen (secondary N) is 2. The first-order valence-corrected chi connectivity index (χ1v) is 7.13. The van der Waals surface area contributed by atoms with E-state index in [-0.39, 0.29) is 18.7 Å². The standard InChI is InChI=1S/C13H19N3O8/c1-23-10-9(20)7(5-17)24-12(10)16-4-6(2-14-3-8(18)19)11(21)15-13(16)22/h4,7,9-10,12,14,17,20H,2-3,5H2,1H3,(H,18,19)(H,15,21,22)/t7-,9+,10-,12-/m1/s1. The SMILES string of the molecule is CO[C@@H]1[C@@H](O)[C@@H](CO)O[C@H]1n1cc(CNCC(=O)O)c(=O)[nH]c1=O. The monoisotopic (exact) mass is 345 g/mol. The molecule has 0 saturated carbocycles. The zero-order valence-corrected chi connectivity index (χ0v) is 12.8. The fourth-order valence-corrected chi connectivity index (χ4v) is 2.49. The maximum absolute atomic E-state index is 12.0. The van der Waals surface area contributed by atoms with E-state index in [2.05, 4.69) is 10.3 Å². The quantitative estimate of drug-likeness (QED) is 0.346. The molecule has 0 amide bonds. The Morgan fingerprint density at radius 2 is 2.21 bits per heavy atom. The molecule has 1 aliphatic rings. The Bertz CT molecular complexity index is 699. The molecule has 2 heterocycles. The first-order valence-electron chi connectivity index (χ1n) is 7.13. The van der Waals surface area contributed by atoms with Crippen molar-refractivity contribution in [2.45, 2.75) is 31.1 Å². The van der Waals surface area contributed by atoms with Gasteiger partial charge in [0, 0.05) is 25.4 Å². The molecule has 5 N–H and O–H groups in total. The van der Waals surface area contributed by atoms with Crippen LogP contribution in [0.3, 0.4) is 0 Å². The number of aliphatic hydroxyl groups excluding tert-OH is 2. The Morgan fingerprint density at radius 3 is 2.79 bits per heavy atom. The number of ether oxygens (including phenoxy) is 2. The lowest BCUT2D eigenvalue weighted by atomic mass is 10.1. The van der Waals surface area contributed by atoms with E-state index in [0.29, 0.717) is 0 Å². The van der Waals surface area contributed by atoms with Gasteiger partial charge in [-0.2, -0.15) is 0 Å². The van der Waals surface area contributed by atoms with Crippen molar-refractivity contribution in [2.75, 3.05) is 20.3 Å². The van der Waals surface area contributed by atoms with E-state index in [1.165, 1.54) is 13.3 Å². The van der Waals surface area contributed by atoms with E-state index in [4.69, 9.17) is 14.6 Å². The second-order valence-electron chi connectivity index (χ2n) is 5.26. The van der Waals surface area contributed by atoms with Crippen molar-refractivity contribution >= 4 is 5.97 Å². The van der Waals surface area contributed by atoms with Crippen LogP contribution in [0.5, 0.6) is 0 Å². The van der Waals surface area contributed by atoms with Crippen molar-refractivity contribution < 1.29 is 29.6 Å². The van der Waals surface area contributed by atoms with E-state index in [0.717, 1.165) is 4.57 Å². The highest BCUT2D eigenvalue weighted by Gasteiger charge is 2.45. The van der Waals surface area contributed by atoms with Gasteiger partial charge in [0.2, 0.25) is 0 Å². The highest BCUT2D eigenvalue weighted by Crippen LogP contribution is 2.30. The first kappa shape index (κ1) is 18.3. The predicted molar refractivity (Wildman–Crippen MR) is 78.5 cm³/mol. The minimum Gasteiger partial charge on any atom is -0.480 e. The molecular weight excluding hydrogens is 326 g/mol. The number of carboxylic acid groups (broad SMARTS) is 1. The molecule has 0 unspecified atom stereocenters. The summed E-state index contributed by atoms with van der Waals surface area (Å²) in [6, 6.07) is 0. The molecule has 0 aliphatic carbocycles. The minimum absolute atomic E-state index is 0.0851. The molecule has 1 saturated heterocycles. The number of aromatic amines is 1. The molecule has 2 rings (SSSR count). The lowest BCUT2D eigenvalue weighted by Gasteiger charge is -2.20.